The Morgan fingerprint density at radius 1 is 0.463 bits per heavy atom. The van der Waals surface area contributed by atoms with Gasteiger partial charge < -0.3 is 124 Å². The Morgan fingerprint density at radius 3 is 1.24 bits per heavy atom. The number of aliphatic hydroxyl groups excluding tert-OH is 2. The minimum absolute atomic E-state index is 0.0272. The van der Waals surface area contributed by atoms with E-state index < -0.39 is 171 Å². The number of aliphatic carboxylic acids is 4. The van der Waals surface area contributed by atoms with E-state index in [0.717, 1.165) is 16.7 Å². The van der Waals surface area contributed by atoms with E-state index >= 15 is 0 Å². The number of halogens is 1. The van der Waals surface area contributed by atoms with Gasteiger partial charge in [0.25, 0.3) is 0 Å². The van der Waals surface area contributed by atoms with Gasteiger partial charge in [-0.15, -0.1) is 0 Å². The Labute approximate surface area is 704 Å². The van der Waals surface area contributed by atoms with Crippen molar-refractivity contribution in [3.8, 4) is 22.3 Å². The molecule has 0 spiro atoms. The van der Waals surface area contributed by atoms with Crippen molar-refractivity contribution in [2.75, 3.05) is 105 Å². The number of nitrogens with two attached hydrogens (primary N) is 5. The standard InChI is InChI=1S/C39H48N8O14.C24H23ClNO6.C15H27N7O8/c40-39(41)42-13-5-10-26(36(55)43-20-31(51)45-27(18-33(52)53)37(56)46-28(21-48)38(57)58)44-30(50)11-12-34(54)60-22-47(14-16-59-17-15-47)32-19-29(49)25-9-4-8-24(35(25)61-32)23-6-2-1-3-7-23;25-21(28)9-10-23(29)31-16-26(11-13-30-14-12-26)22-15-20(27)19-8-4-7-18(24(19)32-22)17-5-2-1-3-6-17;16-7(2-1-3-19-15(17)18)12(27)20-5-10(24)21-8(4-11(25)26)13(28)22-9(6-23)14(29)30/h1-4,6-9,19,26-28,48H,5,10-18,20-22H2,(H9-,40,41,42,43,44,45,46,50,51,52,53,55,56,57,58);1-8,15H,9-14,16H2;7-9,23H,1-6,16H2,(H,20,27)(H,21,24)(H,22,28)(H,25,26)(H,29,30)(H4,17,18,19)/q;+1;/p+1. The third-order valence-electron chi connectivity index (χ3n) is 18.7. The summed E-state index contributed by atoms with van der Waals surface area (Å²) in [7, 11) is 0. The molecular weight excluding hydrogens is 1640 g/mol. The molecule has 0 aliphatic carbocycles. The molecule has 0 bridgehead atoms. The van der Waals surface area contributed by atoms with E-state index in [0.29, 0.717) is 79.2 Å². The number of nitrogens with one attached hydrogen (secondary N) is 7. The fourth-order valence-corrected chi connectivity index (χ4v) is 12.2. The molecule has 44 nitrogen and oxygen atoms in total. The summed E-state index contributed by atoms with van der Waals surface area (Å²) in [6, 6.07) is 23.6. The quantitative estimate of drug-likeness (QED) is 0.00456. The molecule has 2 aliphatic rings. The zero-order valence-corrected chi connectivity index (χ0v) is 67.2. The summed E-state index contributed by atoms with van der Waals surface area (Å²) in [6.45, 7) is -0.276. The molecule has 4 aromatic carbocycles. The number of ether oxygens (including phenoxy) is 4. The van der Waals surface area contributed by atoms with Crippen LogP contribution in [0.5, 0.6) is 0 Å². The third kappa shape index (κ3) is 31.9. The number of carboxylic acids is 4. The average Bonchev–Trinajstić information content (AvgIpc) is 0.763. The van der Waals surface area contributed by atoms with Gasteiger partial charge in [-0.05, 0) is 60.5 Å². The molecule has 2 aromatic heterocycles. The highest BCUT2D eigenvalue weighted by molar-refractivity contribution is 6.63. The SMILES string of the molecule is NC(N)=NCCCC(N)C(=O)NCC(=O)NC(CC(=O)O)C(=O)NC(CO)C(=O)O.NC(N)=NCCCC(NC(=O)CCC(=O)OC[N+]1(c2cc(=O)c3cccc(-c4ccccc4)c3o2)CCOCC1)C(=O)NCC(=O)NC(CC(=O)O)C(=O)NC(CO)C(=O)O.O=C(Cl)CCC(=O)OC[N+]1(c2cc(=O)c3cccc(-c4ccccc4)c3o2)CCOCC1. The van der Waals surface area contributed by atoms with Gasteiger partial charge in [-0.25, -0.2) is 18.6 Å². The molecule has 0 saturated carbocycles. The number of guanidine groups is 2. The number of quaternary nitrogens is 2. The molecule has 23 N–H and O–H groups in total. The Bertz CT molecular complexity index is 4900. The van der Waals surface area contributed by atoms with Crippen molar-refractivity contribution in [2.45, 2.75) is 100 Å². The maximum Gasteiger partial charge on any atom is 0.328 e. The van der Waals surface area contributed by atoms with Gasteiger partial charge in [0, 0.05) is 37.1 Å². The number of benzene rings is 4. The highest BCUT2D eigenvalue weighted by Gasteiger charge is 2.41. The van der Waals surface area contributed by atoms with Crippen molar-refractivity contribution in [3.63, 3.8) is 0 Å². The normalized spacial score (nSPS) is 14.5. The maximum absolute atomic E-state index is 13.4. The number of amides is 7. The fraction of sp³-hybridized carbons (Fsp3) is 0.410. The number of rotatable bonds is 43. The zero-order valence-electron chi connectivity index (χ0n) is 66.5. The van der Waals surface area contributed by atoms with E-state index in [9.17, 15) is 86.9 Å². The minimum Gasteiger partial charge on any atom is -0.481 e. The van der Waals surface area contributed by atoms with E-state index in [2.05, 4.69) is 36.6 Å². The monoisotopic (exact) mass is 1740 g/mol. The summed E-state index contributed by atoms with van der Waals surface area (Å²) in [5.74, 6) is -13.6. The molecule has 2 aliphatic heterocycles. The number of carbonyl (C=O) groups is 14. The number of aliphatic imine (C=N–C) groups is 2. The zero-order chi connectivity index (χ0) is 90.3. The van der Waals surface area contributed by atoms with Crippen LogP contribution < -0.4 is 85.7 Å². The smallest absolute Gasteiger partial charge is 0.328 e. The molecule has 6 aromatic rings. The highest BCUT2D eigenvalue weighted by Crippen LogP contribution is 2.35. The first kappa shape index (κ1) is 98.5. The highest BCUT2D eigenvalue weighted by atomic mass is 35.5. The van der Waals surface area contributed by atoms with Crippen molar-refractivity contribution in [3.05, 3.63) is 130 Å². The predicted octanol–water partition coefficient (Wildman–Crippen LogP) is -2.90. The van der Waals surface area contributed by atoms with Gasteiger partial charge in [-0.1, -0.05) is 84.9 Å². The lowest BCUT2D eigenvalue weighted by molar-refractivity contribution is -0.151. The Kier molecular flexibility index (Phi) is 39.5. The third-order valence-corrected chi connectivity index (χ3v) is 18.9. The van der Waals surface area contributed by atoms with Gasteiger partial charge in [-0.3, -0.25) is 77.1 Å². The number of esters is 2. The Hall–Kier alpha value is -13.4. The first-order valence-corrected chi connectivity index (χ1v) is 38.6. The molecule has 123 heavy (non-hydrogen) atoms. The first-order chi connectivity index (χ1) is 58.6. The van der Waals surface area contributed by atoms with Gasteiger partial charge in [0.05, 0.1) is 107 Å². The summed E-state index contributed by atoms with van der Waals surface area (Å²) >= 11 is 5.32. The Balaban J connectivity index is 0.000000316. The number of fused-ring (bicyclic) bond motifs is 2. The van der Waals surface area contributed by atoms with E-state index in [1.165, 1.54) is 12.1 Å². The summed E-state index contributed by atoms with van der Waals surface area (Å²) in [4.78, 5) is 202. The van der Waals surface area contributed by atoms with E-state index in [1.807, 2.05) is 89.5 Å². The van der Waals surface area contributed by atoms with Crippen LogP contribution in [-0.4, -0.2) is 267 Å². The van der Waals surface area contributed by atoms with Gasteiger partial charge in [0.2, 0.25) is 60.1 Å². The van der Waals surface area contributed by atoms with E-state index in [1.54, 1.807) is 18.2 Å². The lowest BCUT2D eigenvalue weighted by Gasteiger charge is -2.37. The average molecular weight is 1740 g/mol. The summed E-state index contributed by atoms with van der Waals surface area (Å²) in [6.07, 6.45) is -2.03. The van der Waals surface area contributed by atoms with Gasteiger partial charge in [-0.2, -0.15) is 0 Å². The number of para-hydroxylation sites is 2. The minimum atomic E-state index is -1.78. The van der Waals surface area contributed by atoms with Crippen molar-refractivity contribution < 1.29 is 126 Å². The first-order valence-electron chi connectivity index (χ1n) is 38.2. The summed E-state index contributed by atoms with van der Waals surface area (Å²) < 4.78 is 35.1. The number of hydrogen-bond acceptors (Lipinski definition) is 27. The van der Waals surface area contributed by atoms with Crippen molar-refractivity contribution in [1.82, 2.24) is 46.2 Å². The van der Waals surface area contributed by atoms with Crippen LogP contribution >= 0.6 is 11.6 Å². The molecular formula is C78H99ClN16O28+2. The van der Waals surface area contributed by atoms with E-state index in [4.69, 9.17) is 88.5 Å². The van der Waals surface area contributed by atoms with Gasteiger partial charge in [0.15, 0.2) is 33.9 Å². The molecule has 2 fully saturated rings. The molecule has 8 rings (SSSR count). The van der Waals surface area contributed by atoms with Crippen LogP contribution in [0, 0.1) is 0 Å². The molecule has 45 heteroatoms. The number of morpholine rings is 2. The van der Waals surface area contributed by atoms with Crippen LogP contribution in [0.2, 0.25) is 0 Å². The van der Waals surface area contributed by atoms with Crippen LogP contribution in [0.4, 0.5) is 11.8 Å². The predicted molar refractivity (Wildman–Crippen MR) is 439 cm³/mol. The van der Waals surface area contributed by atoms with Crippen molar-refractivity contribution >= 4 is 140 Å². The van der Waals surface area contributed by atoms with Crippen LogP contribution in [-0.2, 0) is 86.1 Å². The fourth-order valence-electron chi connectivity index (χ4n) is 12.1. The van der Waals surface area contributed by atoms with Gasteiger partial charge in [0.1, 0.15) is 56.4 Å². The summed E-state index contributed by atoms with van der Waals surface area (Å²) in [5, 5.41) is 69.2. The molecule has 664 valence electrons. The molecule has 7 amide bonds. The van der Waals surface area contributed by atoms with Crippen LogP contribution in [0.25, 0.3) is 44.2 Å². The topological polar surface area (TPSA) is 697 Å². The lowest BCUT2D eigenvalue weighted by Crippen LogP contribution is -2.58. The number of carbonyl (C=O) groups excluding carboxylic acids is 10. The van der Waals surface area contributed by atoms with Crippen molar-refractivity contribution in [1.29, 1.82) is 0 Å². The van der Waals surface area contributed by atoms with Crippen LogP contribution in [0.1, 0.15) is 64.2 Å². The maximum atomic E-state index is 13.4. The lowest BCUT2D eigenvalue weighted by atomic mass is 10.0. The largest absolute Gasteiger partial charge is 0.481 e. The Morgan fingerprint density at radius 2 is 0.854 bits per heavy atom. The molecule has 6 unspecified atom stereocenters. The summed E-state index contributed by atoms with van der Waals surface area (Å²) in [5.41, 5.74) is 30.4. The molecule has 0 radical (unpaired) electrons. The number of aliphatic hydroxyl groups is 2. The molecule has 2 saturated heterocycles. The molecule has 6 atom stereocenters. The van der Waals surface area contributed by atoms with Gasteiger partial charge >= 0.3 is 47.6 Å². The van der Waals surface area contributed by atoms with Crippen molar-refractivity contribution in [2.24, 2.45) is 38.7 Å². The second-order valence-electron chi connectivity index (χ2n) is 27.7. The molecule has 4 heterocycles. The second-order valence-corrected chi connectivity index (χ2v) is 28.1. The van der Waals surface area contributed by atoms with Crippen LogP contribution in [0.3, 0.4) is 0 Å². The van der Waals surface area contributed by atoms with Crippen LogP contribution in [0.15, 0.2) is 138 Å². The van der Waals surface area contributed by atoms with E-state index in [-0.39, 0.29) is 109 Å². The second kappa shape index (κ2) is 49.4. The number of carboxylic acid groups (broad SMARTS) is 4. The number of nitrogens with zero attached hydrogens (tertiary/aromatic N) is 4. The number of hydrogen-bond donors (Lipinski definition) is 18.